The standard InChI is InChI=1S/C13H9ClF3N/c14-11-5-10(16)6-12(17)13(11)18-7-8-2-1-3-9(15)4-8/h1-6,18H,7H2. The fraction of sp³-hybridized carbons (Fsp3) is 0.0769. The highest BCUT2D eigenvalue weighted by atomic mass is 35.5. The van der Waals surface area contributed by atoms with Gasteiger partial charge >= 0.3 is 0 Å². The van der Waals surface area contributed by atoms with Gasteiger partial charge in [0.25, 0.3) is 0 Å². The Labute approximate surface area is 107 Å². The van der Waals surface area contributed by atoms with Crippen LogP contribution in [-0.2, 0) is 6.54 Å². The van der Waals surface area contributed by atoms with Crippen molar-refractivity contribution >= 4 is 17.3 Å². The van der Waals surface area contributed by atoms with E-state index in [-0.39, 0.29) is 23.1 Å². The number of halogens is 4. The first-order valence-electron chi connectivity index (χ1n) is 5.19. The van der Waals surface area contributed by atoms with Gasteiger partial charge in [0.15, 0.2) is 5.82 Å². The van der Waals surface area contributed by atoms with Crippen molar-refractivity contribution in [3.05, 3.63) is 64.4 Å². The monoisotopic (exact) mass is 271 g/mol. The first-order valence-corrected chi connectivity index (χ1v) is 5.57. The van der Waals surface area contributed by atoms with E-state index in [2.05, 4.69) is 5.32 Å². The van der Waals surface area contributed by atoms with Crippen LogP contribution in [-0.4, -0.2) is 0 Å². The van der Waals surface area contributed by atoms with E-state index in [1.165, 1.54) is 12.1 Å². The van der Waals surface area contributed by atoms with Crippen LogP contribution in [0, 0.1) is 17.5 Å². The van der Waals surface area contributed by atoms with Crippen molar-refractivity contribution in [1.29, 1.82) is 0 Å². The normalized spacial score (nSPS) is 10.4. The van der Waals surface area contributed by atoms with Crippen molar-refractivity contribution in [2.45, 2.75) is 6.54 Å². The Kier molecular flexibility index (Phi) is 3.77. The van der Waals surface area contributed by atoms with E-state index in [0.717, 1.165) is 12.1 Å². The van der Waals surface area contributed by atoms with E-state index in [0.29, 0.717) is 5.56 Å². The molecule has 2 rings (SSSR count). The maximum atomic E-state index is 13.4. The summed E-state index contributed by atoms with van der Waals surface area (Å²) in [6, 6.07) is 7.62. The smallest absolute Gasteiger partial charge is 0.150 e. The zero-order valence-corrected chi connectivity index (χ0v) is 9.94. The zero-order chi connectivity index (χ0) is 13.1. The second-order valence-corrected chi connectivity index (χ2v) is 4.14. The van der Waals surface area contributed by atoms with Crippen molar-refractivity contribution in [1.82, 2.24) is 0 Å². The largest absolute Gasteiger partial charge is 0.377 e. The van der Waals surface area contributed by atoms with Gasteiger partial charge < -0.3 is 5.32 Å². The summed E-state index contributed by atoms with van der Waals surface area (Å²) in [6.07, 6.45) is 0. The van der Waals surface area contributed by atoms with Crippen LogP contribution >= 0.6 is 11.6 Å². The van der Waals surface area contributed by atoms with Gasteiger partial charge in [-0.1, -0.05) is 23.7 Å². The fourth-order valence-electron chi connectivity index (χ4n) is 1.55. The molecule has 0 atom stereocenters. The molecule has 0 radical (unpaired) electrons. The van der Waals surface area contributed by atoms with E-state index in [1.807, 2.05) is 0 Å². The summed E-state index contributed by atoms with van der Waals surface area (Å²) in [5.41, 5.74) is 0.636. The molecule has 0 aromatic heterocycles. The Hall–Kier alpha value is -1.68. The topological polar surface area (TPSA) is 12.0 Å². The number of nitrogens with one attached hydrogen (secondary N) is 1. The fourth-order valence-corrected chi connectivity index (χ4v) is 1.81. The maximum absolute atomic E-state index is 13.4. The molecule has 0 fully saturated rings. The molecule has 1 N–H and O–H groups in total. The van der Waals surface area contributed by atoms with E-state index in [4.69, 9.17) is 11.6 Å². The number of benzene rings is 2. The lowest BCUT2D eigenvalue weighted by Crippen LogP contribution is -2.03. The number of rotatable bonds is 3. The lowest BCUT2D eigenvalue weighted by Gasteiger charge is -2.09. The summed E-state index contributed by atoms with van der Waals surface area (Å²) in [6.45, 7) is 0.194. The van der Waals surface area contributed by atoms with Crippen molar-refractivity contribution in [3.63, 3.8) is 0 Å². The van der Waals surface area contributed by atoms with Gasteiger partial charge in [-0.2, -0.15) is 0 Å². The molecule has 1 nitrogen and oxygen atoms in total. The van der Waals surface area contributed by atoms with Crippen LogP contribution in [0.2, 0.25) is 5.02 Å². The highest BCUT2D eigenvalue weighted by molar-refractivity contribution is 6.33. The molecule has 0 heterocycles. The van der Waals surface area contributed by atoms with Gasteiger partial charge in [0.1, 0.15) is 11.6 Å². The van der Waals surface area contributed by atoms with E-state index < -0.39 is 11.6 Å². The highest BCUT2D eigenvalue weighted by Crippen LogP contribution is 2.26. The Morgan fingerprint density at radius 1 is 1.00 bits per heavy atom. The third-order valence-electron chi connectivity index (χ3n) is 2.37. The van der Waals surface area contributed by atoms with Crippen LogP contribution in [0.1, 0.15) is 5.56 Å². The molecule has 0 aliphatic heterocycles. The molecular formula is C13H9ClF3N. The first-order chi connectivity index (χ1) is 8.56. The molecule has 18 heavy (non-hydrogen) atoms. The van der Waals surface area contributed by atoms with E-state index >= 15 is 0 Å². The maximum Gasteiger partial charge on any atom is 0.150 e. The summed E-state index contributed by atoms with van der Waals surface area (Å²) >= 11 is 5.72. The molecule has 0 spiro atoms. The summed E-state index contributed by atoms with van der Waals surface area (Å²) in [4.78, 5) is 0. The van der Waals surface area contributed by atoms with Gasteiger partial charge in [0, 0.05) is 12.6 Å². The molecule has 5 heteroatoms. The van der Waals surface area contributed by atoms with Crippen LogP contribution in [0.4, 0.5) is 18.9 Å². The minimum absolute atomic E-state index is 0.00216. The molecule has 0 saturated carbocycles. The minimum Gasteiger partial charge on any atom is -0.377 e. The van der Waals surface area contributed by atoms with E-state index in [1.54, 1.807) is 12.1 Å². The van der Waals surface area contributed by atoms with Crippen LogP contribution < -0.4 is 5.32 Å². The summed E-state index contributed by atoms with van der Waals surface area (Å²) in [7, 11) is 0. The molecule has 94 valence electrons. The molecule has 0 aliphatic carbocycles. The average molecular weight is 272 g/mol. The van der Waals surface area contributed by atoms with Gasteiger partial charge in [0.2, 0.25) is 0 Å². The summed E-state index contributed by atoms with van der Waals surface area (Å²) < 4.78 is 39.2. The predicted molar refractivity (Wildman–Crippen MR) is 65.1 cm³/mol. The van der Waals surface area contributed by atoms with Crippen molar-refractivity contribution < 1.29 is 13.2 Å². The highest BCUT2D eigenvalue weighted by Gasteiger charge is 2.09. The Balaban J connectivity index is 2.16. The number of anilines is 1. The van der Waals surface area contributed by atoms with Crippen molar-refractivity contribution in [2.24, 2.45) is 0 Å². The third-order valence-corrected chi connectivity index (χ3v) is 2.66. The minimum atomic E-state index is -0.781. The second kappa shape index (κ2) is 5.31. The van der Waals surface area contributed by atoms with Gasteiger partial charge in [-0.3, -0.25) is 0 Å². The number of hydrogen-bond acceptors (Lipinski definition) is 1. The Bertz CT molecular complexity index is 549. The van der Waals surface area contributed by atoms with Crippen LogP contribution in [0.3, 0.4) is 0 Å². The van der Waals surface area contributed by atoms with Crippen molar-refractivity contribution in [3.8, 4) is 0 Å². The Morgan fingerprint density at radius 3 is 2.44 bits per heavy atom. The molecule has 0 aliphatic rings. The molecule has 0 saturated heterocycles. The zero-order valence-electron chi connectivity index (χ0n) is 9.18. The quantitative estimate of drug-likeness (QED) is 0.874. The summed E-state index contributed by atoms with van der Waals surface area (Å²) in [5, 5.41) is 2.66. The van der Waals surface area contributed by atoms with Crippen LogP contribution in [0.25, 0.3) is 0 Å². The lowest BCUT2D eigenvalue weighted by molar-refractivity contribution is 0.585. The molecule has 0 unspecified atom stereocenters. The summed E-state index contributed by atoms with van der Waals surface area (Å²) in [5.74, 6) is -1.90. The molecule has 0 bridgehead atoms. The van der Waals surface area contributed by atoms with Crippen LogP contribution in [0.15, 0.2) is 36.4 Å². The molecule has 2 aromatic carbocycles. The van der Waals surface area contributed by atoms with Gasteiger partial charge in [-0.25, -0.2) is 13.2 Å². The third kappa shape index (κ3) is 2.96. The lowest BCUT2D eigenvalue weighted by atomic mass is 10.2. The van der Waals surface area contributed by atoms with Gasteiger partial charge in [0.05, 0.1) is 10.7 Å². The molecule has 2 aromatic rings. The SMILES string of the molecule is Fc1cccc(CNc2c(F)cc(F)cc2Cl)c1. The van der Waals surface area contributed by atoms with Gasteiger partial charge in [-0.05, 0) is 23.8 Å². The van der Waals surface area contributed by atoms with Gasteiger partial charge in [-0.15, -0.1) is 0 Å². The number of hydrogen-bond donors (Lipinski definition) is 1. The first kappa shape index (κ1) is 12.8. The second-order valence-electron chi connectivity index (χ2n) is 3.73. The van der Waals surface area contributed by atoms with E-state index in [9.17, 15) is 13.2 Å². The predicted octanol–water partition coefficient (Wildman–Crippen LogP) is 4.37. The Morgan fingerprint density at radius 2 is 1.78 bits per heavy atom. The molecule has 0 amide bonds. The van der Waals surface area contributed by atoms with Crippen molar-refractivity contribution in [2.75, 3.05) is 5.32 Å². The average Bonchev–Trinajstić information content (AvgIpc) is 2.27. The van der Waals surface area contributed by atoms with Crippen LogP contribution in [0.5, 0.6) is 0 Å². The molecular weight excluding hydrogens is 263 g/mol.